The van der Waals surface area contributed by atoms with Crippen LogP contribution in [0.4, 0.5) is 0 Å². The van der Waals surface area contributed by atoms with Crippen molar-refractivity contribution in [2.45, 2.75) is 65.0 Å². The first-order chi connectivity index (χ1) is 10.4. The molecule has 0 amide bonds. The third-order valence-corrected chi connectivity index (χ3v) is 7.64. The van der Waals surface area contributed by atoms with Crippen molar-refractivity contribution >= 4 is 55.7 Å². The fraction of sp³-hybridized carbons (Fsp3) is 0.556. The largest absolute Gasteiger partial charge is 0.353 e. The smallest absolute Gasteiger partial charge is 0.0705 e. The van der Waals surface area contributed by atoms with Crippen LogP contribution in [0.5, 0.6) is 0 Å². The van der Waals surface area contributed by atoms with Crippen LogP contribution in [-0.2, 0) is 6.42 Å². The summed E-state index contributed by atoms with van der Waals surface area (Å²) in [5.41, 5.74) is 5.75. The van der Waals surface area contributed by atoms with Gasteiger partial charge in [-0.15, -0.1) is 22.7 Å². The molecule has 0 bridgehead atoms. The molecule has 1 nitrogen and oxygen atoms in total. The van der Waals surface area contributed by atoms with Gasteiger partial charge >= 0.3 is 0 Å². The summed E-state index contributed by atoms with van der Waals surface area (Å²) in [7, 11) is 0. The molecule has 3 heterocycles. The van der Waals surface area contributed by atoms with Crippen LogP contribution in [0.1, 0.15) is 79.5 Å². The Morgan fingerprint density at radius 2 is 1.45 bits per heavy atom. The predicted molar refractivity (Wildman–Crippen MR) is 107 cm³/mol. The minimum Gasteiger partial charge on any atom is -0.353 e. The van der Waals surface area contributed by atoms with E-state index in [0.717, 1.165) is 6.42 Å². The van der Waals surface area contributed by atoms with Crippen LogP contribution in [0, 0.1) is 0 Å². The number of aromatic nitrogens is 1. The van der Waals surface area contributed by atoms with Gasteiger partial charge in [0.15, 0.2) is 0 Å². The zero-order valence-corrected chi connectivity index (χ0v) is 16.7. The van der Waals surface area contributed by atoms with E-state index in [0.29, 0.717) is 17.1 Å². The first kappa shape index (κ1) is 16.4. The molecule has 0 aliphatic heterocycles. The van der Waals surface area contributed by atoms with E-state index < -0.39 is 0 Å². The topological polar surface area (TPSA) is 15.8 Å². The lowest BCUT2D eigenvalue weighted by atomic mass is 10.0. The number of thiol groups is 1. The summed E-state index contributed by atoms with van der Waals surface area (Å²) in [6.45, 7) is 13.6. The van der Waals surface area contributed by atoms with Crippen LogP contribution < -0.4 is 0 Å². The van der Waals surface area contributed by atoms with Crippen molar-refractivity contribution in [2.75, 3.05) is 0 Å². The molecule has 0 saturated carbocycles. The summed E-state index contributed by atoms with van der Waals surface area (Å²) >= 11 is 8.64. The Labute approximate surface area is 146 Å². The molecular formula is C18H25NS3. The van der Waals surface area contributed by atoms with Gasteiger partial charge in [-0.05, 0) is 36.3 Å². The van der Waals surface area contributed by atoms with Gasteiger partial charge in [0.1, 0.15) is 0 Å². The minimum atomic E-state index is 0.299. The second-order valence-corrected chi connectivity index (χ2v) is 9.62. The second kappa shape index (κ2) is 5.88. The SMILES string of the molecule is CCc1sc2c([nH]c3c(C(C)C)c(C(C)S)sc32)c1C(C)C. The molecule has 0 aliphatic carbocycles. The van der Waals surface area contributed by atoms with E-state index in [1.54, 1.807) is 0 Å². The van der Waals surface area contributed by atoms with Gasteiger partial charge in [0.25, 0.3) is 0 Å². The molecule has 4 heteroatoms. The molecule has 3 aromatic heterocycles. The Morgan fingerprint density at radius 3 is 1.95 bits per heavy atom. The van der Waals surface area contributed by atoms with Gasteiger partial charge in [0, 0.05) is 15.0 Å². The van der Waals surface area contributed by atoms with E-state index in [4.69, 9.17) is 12.6 Å². The van der Waals surface area contributed by atoms with Gasteiger partial charge in [0.2, 0.25) is 0 Å². The molecule has 0 aliphatic rings. The van der Waals surface area contributed by atoms with Crippen LogP contribution in [-0.4, -0.2) is 4.98 Å². The molecular weight excluding hydrogens is 326 g/mol. The third-order valence-electron chi connectivity index (χ3n) is 4.31. The van der Waals surface area contributed by atoms with Gasteiger partial charge in [-0.3, -0.25) is 0 Å². The molecule has 3 rings (SSSR count). The number of fused-ring (bicyclic) bond motifs is 3. The summed E-state index contributed by atoms with van der Waals surface area (Å²) in [4.78, 5) is 6.76. The molecule has 0 saturated heterocycles. The average molecular weight is 352 g/mol. The van der Waals surface area contributed by atoms with Gasteiger partial charge in [-0.25, -0.2) is 0 Å². The number of hydrogen-bond donors (Lipinski definition) is 2. The fourth-order valence-corrected chi connectivity index (χ4v) is 6.54. The Bertz CT molecular complexity index is 815. The lowest BCUT2D eigenvalue weighted by molar-refractivity contribution is 0.856. The summed E-state index contributed by atoms with van der Waals surface area (Å²) in [5, 5.41) is 0.299. The fourth-order valence-electron chi connectivity index (χ4n) is 3.40. The van der Waals surface area contributed by atoms with Crippen LogP contribution in [0.2, 0.25) is 0 Å². The average Bonchev–Trinajstić information content (AvgIpc) is 3.03. The second-order valence-electron chi connectivity index (χ2n) is 6.69. The van der Waals surface area contributed by atoms with Crippen molar-refractivity contribution < 1.29 is 0 Å². The number of thiophene rings is 2. The Balaban J connectivity index is 2.39. The summed E-state index contributed by atoms with van der Waals surface area (Å²) < 4.78 is 2.91. The zero-order valence-electron chi connectivity index (χ0n) is 14.2. The van der Waals surface area contributed by atoms with Crippen molar-refractivity contribution in [3.63, 3.8) is 0 Å². The van der Waals surface area contributed by atoms with E-state index in [9.17, 15) is 0 Å². The Kier molecular flexibility index (Phi) is 4.39. The van der Waals surface area contributed by atoms with Gasteiger partial charge < -0.3 is 4.98 Å². The summed E-state index contributed by atoms with van der Waals surface area (Å²) in [5.74, 6) is 1.10. The number of aromatic amines is 1. The molecule has 0 aromatic carbocycles. The molecule has 0 fully saturated rings. The monoisotopic (exact) mass is 351 g/mol. The van der Waals surface area contributed by atoms with Gasteiger partial charge in [0.05, 0.1) is 20.4 Å². The van der Waals surface area contributed by atoms with Crippen molar-refractivity contribution in [1.29, 1.82) is 0 Å². The molecule has 1 N–H and O–H groups in total. The van der Waals surface area contributed by atoms with Crippen molar-refractivity contribution in [3.05, 3.63) is 20.9 Å². The molecule has 120 valence electrons. The highest BCUT2D eigenvalue weighted by Crippen LogP contribution is 2.48. The number of hydrogen-bond acceptors (Lipinski definition) is 3. The molecule has 1 unspecified atom stereocenters. The highest BCUT2D eigenvalue weighted by atomic mass is 32.1. The van der Waals surface area contributed by atoms with E-state index in [1.165, 1.54) is 41.3 Å². The zero-order chi connectivity index (χ0) is 16.2. The predicted octanol–water partition coefficient (Wildman–Crippen LogP) is 7.24. The van der Waals surface area contributed by atoms with Crippen LogP contribution in [0.3, 0.4) is 0 Å². The Morgan fingerprint density at radius 1 is 0.909 bits per heavy atom. The minimum absolute atomic E-state index is 0.299. The van der Waals surface area contributed by atoms with Gasteiger partial charge in [-0.1, -0.05) is 34.6 Å². The summed E-state index contributed by atoms with van der Waals surface area (Å²) in [6, 6.07) is 0. The Hall–Kier alpha value is -0.450. The quantitative estimate of drug-likeness (QED) is 0.461. The van der Waals surface area contributed by atoms with Crippen LogP contribution >= 0.6 is 35.3 Å². The van der Waals surface area contributed by atoms with E-state index in [1.807, 2.05) is 22.7 Å². The van der Waals surface area contributed by atoms with Gasteiger partial charge in [-0.2, -0.15) is 12.6 Å². The molecule has 3 aromatic rings. The molecule has 0 spiro atoms. The summed E-state index contributed by atoms with van der Waals surface area (Å²) in [6.07, 6.45) is 1.13. The number of aryl methyl sites for hydroxylation is 1. The molecule has 1 atom stereocenters. The van der Waals surface area contributed by atoms with E-state index >= 15 is 0 Å². The highest BCUT2D eigenvalue weighted by Gasteiger charge is 2.24. The number of rotatable bonds is 4. The maximum Gasteiger partial charge on any atom is 0.0705 e. The number of H-pyrrole nitrogens is 1. The molecule has 22 heavy (non-hydrogen) atoms. The van der Waals surface area contributed by atoms with Crippen molar-refractivity contribution in [2.24, 2.45) is 0 Å². The lowest BCUT2D eigenvalue weighted by Gasteiger charge is -2.10. The lowest BCUT2D eigenvalue weighted by Crippen LogP contribution is -1.94. The molecule has 0 radical (unpaired) electrons. The van der Waals surface area contributed by atoms with Crippen molar-refractivity contribution in [1.82, 2.24) is 4.98 Å². The maximum absolute atomic E-state index is 4.71. The standard InChI is InChI=1S/C18H25NS3/c1-7-11-12(8(2)3)14-17(21-11)18-15(19-14)13(9(4)5)16(22-18)10(6)20/h8-10,19-20H,7H2,1-6H3. The first-order valence-electron chi connectivity index (χ1n) is 8.14. The first-order valence-corrected chi connectivity index (χ1v) is 10.3. The maximum atomic E-state index is 4.71. The normalized spacial score (nSPS) is 14.0. The van der Waals surface area contributed by atoms with Crippen LogP contribution in [0.25, 0.3) is 20.4 Å². The highest BCUT2D eigenvalue weighted by molar-refractivity contribution is 7.80. The van der Waals surface area contributed by atoms with E-state index in [2.05, 4.69) is 46.5 Å². The third kappa shape index (κ3) is 2.35. The van der Waals surface area contributed by atoms with Crippen LogP contribution in [0.15, 0.2) is 0 Å². The number of nitrogens with one attached hydrogen (secondary N) is 1. The van der Waals surface area contributed by atoms with E-state index in [-0.39, 0.29) is 0 Å². The van der Waals surface area contributed by atoms with Crippen molar-refractivity contribution in [3.8, 4) is 0 Å².